The molecule has 5 heteroatoms. The van der Waals surface area contributed by atoms with Crippen LogP contribution in [-0.4, -0.2) is 15.9 Å². The van der Waals surface area contributed by atoms with Crippen molar-refractivity contribution in [1.29, 1.82) is 0 Å². The summed E-state index contributed by atoms with van der Waals surface area (Å²) in [6.07, 6.45) is 3.59. The first-order valence-corrected chi connectivity index (χ1v) is 8.56. The maximum absolute atomic E-state index is 13.0. The number of rotatable bonds is 2. The fraction of sp³-hybridized carbons (Fsp3) is 0.250. The monoisotopic (exact) mass is 333 g/mol. The molecule has 0 aliphatic heterocycles. The van der Waals surface area contributed by atoms with Crippen molar-refractivity contribution in [3.8, 4) is 0 Å². The van der Waals surface area contributed by atoms with Crippen LogP contribution in [0.15, 0.2) is 42.5 Å². The van der Waals surface area contributed by atoms with E-state index in [1.165, 1.54) is 43.5 Å². The van der Waals surface area contributed by atoms with Crippen molar-refractivity contribution in [2.45, 2.75) is 31.1 Å². The van der Waals surface area contributed by atoms with Gasteiger partial charge in [0.25, 0.3) is 5.91 Å². The van der Waals surface area contributed by atoms with E-state index in [0.29, 0.717) is 23.1 Å². The van der Waals surface area contributed by atoms with E-state index in [4.69, 9.17) is 9.97 Å². The van der Waals surface area contributed by atoms with Crippen LogP contribution in [0.5, 0.6) is 0 Å². The molecule has 2 aromatic carbocycles. The van der Waals surface area contributed by atoms with Crippen molar-refractivity contribution in [3.05, 3.63) is 65.2 Å². The molecule has 2 unspecified atom stereocenters. The van der Waals surface area contributed by atoms with Gasteiger partial charge in [-0.15, -0.1) is 0 Å². The van der Waals surface area contributed by atoms with Crippen LogP contribution in [0, 0.1) is 5.82 Å². The molecule has 2 atom stereocenters. The highest BCUT2D eigenvalue weighted by molar-refractivity contribution is 6.05. The molecule has 1 aromatic heterocycles. The first-order chi connectivity index (χ1) is 12.2. The van der Waals surface area contributed by atoms with E-state index in [1.54, 1.807) is 12.1 Å². The summed E-state index contributed by atoms with van der Waals surface area (Å²) in [5, 5.41) is 2.78. The second-order valence-electron chi connectivity index (χ2n) is 6.87. The smallest absolute Gasteiger partial charge is 0.255 e. The van der Waals surface area contributed by atoms with Gasteiger partial charge in [0.2, 0.25) is 0 Å². The lowest BCUT2D eigenvalue weighted by atomic mass is 10.00. The Morgan fingerprint density at radius 3 is 2.36 bits per heavy atom. The van der Waals surface area contributed by atoms with Crippen LogP contribution in [0.4, 0.5) is 10.1 Å². The molecule has 25 heavy (non-hydrogen) atoms. The fourth-order valence-corrected chi connectivity index (χ4v) is 4.04. The van der Waals surface area contributed by atoms with Gasteiger partial charge in [0.15, 0.2) is 0 Å². The molecule has 3 aromatic rings. The second kappa shape index (κ2) is 5.34. The van der Waals surface area contributed by atoms with Gasteiger partial charge in [-0.25, -0.2) is 14.4 Å². The van der Waals surface area contributed by atoms with Crippen LogP contribution >= 0.6 is 0 Å². The minimum Gasteiger partial charge on any atom is -0.322 e. The number of aromatic nitrogens is 2. The first-order valence-electron chi connectivity index (χ1n) is 8.56. The molecule has 124 valence electrons. The first kappa shape index (κ1) is 14.5. The summed E-state index contributed by atoms with van der Waals surface area (Å²) >= 11 is 0. The Labute approximate surface area is 144 Å². The maximum Gasteiger partial charge on any atom is 0.255 e. The summed E-state index contributed by atoms with van der Waals surface area (Å²) in [4.78, 5) is 22.1. The Balaban J connectivity index is 1.48. The number of nitrogens with zero attached hydrogens (tertiary/aromatic N) is 2. The molecule has 0 radical (unpaired) electrons. The molecule has 2 aliphatic carbocycles. The Morgan fingerprint density at radius 2 is 1.64 bits per heavy atom. The third kappa shape index (κ3) is 2.38. The van der Waals surface area contributed by atoms with Gasteiger partial charge in [-0.1, -0.05) is 0 Å². The Morgan fingerprint density at radius 1 is 0.960 bits per heavy atom. The quantitative estimate of drug-likeness (QED) is 0.757. The van der Waals surface area contributed by atoms with Crippen molar-refractivity contribution in [2.24, 2.45) is 0 Å². The van der Waals surface area contributed by atoms with E-state index in [0.717, 1.165) is 22.4 Å². The molecule has 1 N–H and O–H groups in total. The van der Waals surface area contributed by atoms with Crippen LogP contribution in [0.3, 0.4) is 0 Å². The molecule has 4 nitrogen and oxygen atoms in total. The molecule has 1 saturated carbocycles. The Hall–Kier alpha value is -2.82. The largest absolute Gasteiger partial charge is 0.322 e. The van der Waals surface area contributed by atoms with E-state index in [1.807, 2.05) is 6.07 Å². The SMILES string of the molecule is O=C(Nc1ccc(F)cc1)c1ccc2nc3c(nc2c1)C1CCC3C1. The zero-order valence-corrected chi connectivity index (χ0v) is 13.5. The maximum atomic E-state index is 13.0. The lowest BCUT2D eigenvalue weighted by Gasteiger charge is -2.14. The molecule has 1 amide bonds. The van der Waals surface area contributed by atoms with Crippen LogP contribution in [0.1, 0.15) is 52.8 Å². The normalized spacial score (nSPS) is 20.7. The van der Waals surface area contributed by atoms with E-state index in [2.05, 4.69) is 5.32 Å². The molecule has 1 fully saturated rings. The number of benzene rings is 2. The van der Waals surface area contributed by atoms with Crippen molar-refractivity contribution in [1.82, 2.24) is 9.97 Å². The van der Waals surface area contributed by atoms with Gasteiger partial charge in [-0.2, -0.15) is 0 Å². The number of anilines is 1. The predicted molar refractivity (Wildman–Crippen MR) is 93.2 cm³/mol. The highest BCUT2D eigenvalue weighted by atomic mass is 19.1. The molecule has 1 heterocycles. The highest BCUT2D eigenvalue weighted by Crippen LogP contribution is 2.51. The average molecular weight is 333 g/mol. The Kier molecular flexibility index (Phi) is 3.10. The lowest BCUT2D eigenvalue weighted by molar-refractivity contribution is 0.102. The van der Waals surface area contributed by atoms with Crippen molar-refractivity contribution in [2.75, 3.05) is 5.32 Å². The van der Waals surface area contributed by atoms with Crippen molar-refractivity contribution in [3.63, 3.8) is 0 Å². The summed E-state index contributed by atoms with van der Waals surface area (Å²) in [5.41, 5.74) is 4.97. The Bertz CT molecular complexity index is 1000. The fourth-order valence-electron chi connectivity index (χ4n) is 4.04. The number of carbonyl (C=O) groups is 1. The molecular weight excluding hydrogens is 317 g/mol. The second-order valence-corrected chi connectivity index (χ2v) is 6.87. The third-order valence-electron chi connectivity index (χ3n) is 5.29. The highest BCUT2D eigenvalue weighted by Gasteiger charge is 2.39. The van der Waals surface area contributed by atoms with Crippen LogP contribution < -0.4 is 5.32 Å². The number of halogens is 1. The molecule has 0 saturated heterocycles. The van der Waals surface area contributed by atoms with Gasteiger partial charge < -0.3 is 5.32 Å². The van der Waals surface area contributed by atoms with Gasteiger partial charge >= 0.3 is 0 Å². The van der Waals surface area contributed by atoms with Gasteiger partial charge in [0.05, 0.1) is 22.4 Å². The summed E-state index contributed by atoms with van der Waals surface area (Å²) in [7, 11) is 0. The minimum absolute atomic E-state index is 0.239. The summed E-state index contributed by atoms with van der Waals surface area (Å²) in [6, 6.07) is 11.1. The lowest BCUT2D eigenvalue weighted by Crippen LogP contribution is -2.12. The van der Waals surface area contributed by atoms with Crippen LogP contribution in [-0.2, 0) is 0 Å². The number of fused-ring (bicyclic) bond motifs is 6. The van der Waals surface area contributed by atoms with E-state index in [-0.39, 0.29) is 11.7 Å². The van der Waals surface area contributed by atoms with Crippen molar-refractivity contribution < 1.29 is 9.18 Å². The summed E-state index contributed by atoms with van der Waals surface area (Å²) < 4.78 is 13.0. The minimum atomic E-state index is -0.331. The topological polar surface area (TPSA) is 54.9 Å². The number of nitrogens with one attached hydrogen (secondary N) is 1. The number of carbonyl (C=O) groups excluding carboxylic acids is 1. The molecule has 5 rings (SSSR count). The van der Waals surface area contributed by atoms with E-state index < -0.39 is 0 Å². The number of amides is 1. The van der Waals surface area contributed by atoms with Gasteiger partial charge in [-0.3, -0.25) is 4.79 Å². The van der Waals surface area contributed by atoms with E-state index in [9.17, 15) is 9.18 Å². The van der Waals surface area contributed by atoms with Crippen LogP contribution in [0.2, 0.25) is 0 Å². The zero-order chi connectivity index (χ0) is 17.0. The molecule has 2 bridgehead atoms. The average Bonchev–Trinajstić information content (AvgIpc) is 3.23. The van der Waals surface area contributed by atoms with Crippen molar-refractivity contribution >= 4 is 22.6 Å². The number of hydrogen-bond donors (Lipinski definition) is 1. The molecular formula is C20H16FN3O. The predicted octanol–water partition coefficient (Wildman–Crippen LogP) is 4.39. The molecule has 2 aliphatic rings. The third-order valence-corrected chi connectivity index (χ3v) is 5.29. The molecule has 0 spiro atoms. The standard InChI is InChI=1S/C20H16FN3O/c21-14-4-6-15(7-5-14)22-20(25)13-3-8-16-17(10-13)24-19-12-2-1-11(9-12)18(19)23-16/h3-8,10-12H,1-2,9H2,(H,22,25). The summed E-state index contributed by atoms with van der Waals surface area (Å²) in [5.74, 6) is 0.534. The van der Waals surface area contributed by atoms with Gasteiger partial charge in [0.1, 0.15) is 5.82 Å². The van der Waals surface area contributed by atoms with Crippen LogP contribution in [0.25, 0.3) is 11.0 Å². The summed E-state index contributed by atoms with van der Waals surface area (Å²) in [6.45, 7) is 0. The van der Waals surface area contributed by atoms with Gasteiger partial charge in [0, 0.05) is 23.1 Å². The van der Waals surface area contributed by atoms with Gasteiger partial charge in [-0.05, 0) is 61.7 Å². The number of hydrogen-bond acceptors (Lipinski definition) is 3. The van der Waals surface area contributed by atoms with E-state index >= 15 is 0 Å². The zero-order valence-electron chi connectivity index (χ0n) is 13.5.